The number of benzene rings is 1. The number of guanidine groups is 1. The lowest BCUT2D eigenvalue weighted by Crippen LogP contribution is -2.48. The molecule has 1 aromatic rings. The number of carbonyl (C=O) groups excluding carboxylic acids is 1. The maximum absolute atomic E-state index is 12.0. The highest BCUT2D eigenvalue weighted by atomic mass is 127. The van der Waals surface area contributed by atoms with Gasteiger partial charge in [0.15, 0.2) is 5.96 Å². The van der Waals surface area contributed by atoms with Crippen molar-refractivity contribution in [2.45, 2.75) is 40.5 Å². The average Bonchev–Trinajstić information content (AvgIpc) is 2.55. The van der Waals surface area contributed by atoms with E-state index in [1.54, 1.807) is 7.05 Å². The van der Waals surface area contributed by atoms with Crippen molar-refractivity contribution in [2.75, 3.05) is 26.7 Å². The minimum Gasteiger partial charge on any atom is -0.356 e. The molecule has 1 rings (SSSR count). The van der Waals surface area contributed by atoms with Crippen LogP contribution in [0.3, 0.4) is 0 Å². The molecule has 1 unspecified atom stereocenters. The van der Waals surface area contributed by atoms with E-state index in [0.717, 1.165) is 6.54 Å². The summed E-state index contributed by atoms with van der Waals surface area (Å²) in [6.45, 7) is 12.0. The molecule has 0 aliphatic carbocycles. The number of rotatable bonds is 7. The second-order valence-electron chi connectivity index (χ2n) is 6.87. The summed E-state index contributed by atoms with van der Waals surface area (Å²) >= 11 is 0. The van der Waals surface area contributed by atoms with Crippen molar-refractivity contribution in [1.29, 1.82) is 0 Å². The summed E-state index contributed by atoms with van der Waals surface area (Å²) in [6, 6.07) is 8.55. The number of hydrogen-bond donors (Lipinski definition) is 3. The molecule has 0 heterocycles. The van der Waals surface area contributed by atoms with Gasteiger partial charge in [-0.2, -0.15) is 0 Å². The lowest BCUT2D eigenvalue weighted by atomic mass is 9.92. The Labute approximate surface area is 169 Å². The summed E-state index contributed by atoms with van der Waals surface area (Å²) in [4.78, 5) is 16.3. The Morgan fingerprint density at radius 2 is 1.92 bits per heavy atom. The Kier molecular flexibility index (Phi) is 10.7. The Hall–Kier alpha value is -1.31. The van der Waals surface area contributed by atoms with E-state index in [4.69, 9.17) is 0 Å². The zero-order chi connectivity index (χ0) is 18.2. The highest BCUT2D eigenvalue weighted by Crippen LogP contribution is 2.16. The Bertz CT molecular complexity index is 572. The second kappa shape index (κ2) is 11.3. The van der Waals surface area contributed by atoms with Crippen LogP contribution in [0.25, 0.3) is 0 Å². The van der Waals surface area contributed by atoms with Crippen LogP contribution in [0.1, 0.15) is 44.7 Å². The van der Waals surface area contributed by atoms with Crippen molar-refractivity contribution in [3.05, 3.63) is 35.4 Å². The van der Waals surface area contributed by atoms with E-state index in [1.165, 1.54) is 11.1 Å². The fraction of sp³-hybridized carbons (Fsp3) is 0.579. The molecule has 0 aliphatic rings. The van der Waals surface area contributed by atoms with Crippen molar-refractivity contribution in [2.24, 2.45) is 10.4 Å². The third kappa shape index (κ3) is 8.07. The molecule has 0 aromatic heterocycles. The summed E-state index contributed by atoms with van der Waals surface area (Å²) in [6.07, 6.45) is 0. The number of aliphatic imine (C=N–C) groups is 1. The molecule has 0 fully saturated rings. The van der Waals surface area contributed by atoms with Crippen LogP contribution in [-0.4, -0.2) is 38.5 Å². The molecule has 1 atom stereocenters. The van der Waals surface area contributed by atoms with Crippen molar-refractivity contribution in [1.82, 2.24) is 16.0 Å². The average molecular weight is 460 g/mol. The number of carbonyl (C=O) groups is 1. The highest BCUT2D eigenvalue weighted by molar-refractivity contribution is 14.0. The first-order valence-electron chi connectivity index (χ1n) is 8.59. The minimum absolute atomic E-state index is 0. The predicted octanol–water partition coefficient (Wildman–Crippen LogP) is 3.04. The first-order chi connectivity index (χ1) is 11.3. The van der Waals surface area contributed by atoms with E-state index in [9.17, 15) is 4.79 Å². The van der Waals surface area contributed by atoms with Crippen LogP contribution in [-0.2, 0) is 4.79 Å². The predicted molar refractivity (Wildman–Crippen MR) is 117 cm³/mol. The van der Waals surface area contributed by atoms with Crippen LogP contribution in [0.5, 0.6) is 0 Å². The van der Waals surface area contributed by atoms with E-state index in [1.807, 2.05) is 20.8 Å². The van der Waals surface area contributed by atoms with Gasteiger partial charge in [-0.3, -0.25) is 9.79 Å². The number of amides is 1. The van der Waals surface area contributed by atoms with Gasteiger partial charge in [-0.1, -0.05) is 36.8 Å². The first-order valence-corrected chi connectivity index (χ1v) is 8.59. The van der Waals surface area contributed by atoms with Crippen LogP contribution < -0.4 is 16.0 Å². The van der Waals surface area contributed by atoms with Crippen LogP contribution in [0.15, 0.2) is 29.3 Å². The molecule has 142 valence electrons. The number of nitrogens with zero attached hydrogens (tertiary/aromatic N) is 1. The molecule has 3 N–H and O–H groups in total. The molecule has 1 amide bonds. The van der Waals surface area contributed by atoms with Crippen molar-refractivity contribution in [3.8, 4) is 0 Å². The molecule has 0 spiro atoms. The third-order valence-corrected chi connectivity index (χ3v) is 4.06. The summed E-state index contributed by atoms with van der Waals surface area (Å²) < 4.78 is 0. The first kappa shape index (κ1) is 23.7. The van der Waals surface area contributed by atoms with Crippen LogP contribution in [0.4, 0.5) is 0 Å². The summed E-state index contributed by atoms with van der Waals surface area (Å²) in [5.74, 6) is 1.13. The van der Waals surface area contributed by atoms with Gasteiger partial charge in [-0.25, -0.2) is 0 Å². The van der Waals surface area contributed by atoms with E-state index in [-0.39, 0.29) is 29.9 Å². The Balaban J connectivity index is 0.00000576. The van der Waals surface area contributed by atoms with E-state index in [2.05, 4.69) is 59.1 Å². The van der Waals surface area contributed by atoms with Gasteiger partial charge < -0.3 is 16.0 Å². The fourth-order valence-electron chi connectivity index (χ4n) is 2.35. The SMILES string of the molecule is CCNC(=O)C(C)(C)CNC(=NC)NCC(C)c1cccc(C)c1.I. The van der Waals surface area contributed by atoms with Gasteiger partial charge >= 0.3 is 0 Å². The van der Waals surface area contributed by atoms with Gasteiger partial charge in [0.25, 0.3) is 0 Å². The molecular weight excluding hydrogens is 427 g/mol. The van der Waals surface area contributed by atoms with Crippen LogP contribution in [0, 0.1) is 12.3 Å². The summed E-state index contributed by atoms with van der Waals surface area (Å²) in [5, 5.41) is 9.45. The molecule has 0 aliphatic heterocycles. The van der Waals surface area contributed by atoms with Gasteiger partial charge in [0.1, 0.15) is 0 Å². The largest absolute Gasteiger partial charge is 0.356 e. The molecule has 5 nitrogen and oxygen atoms in total. The van der Waals surface area contributed by atoms with E-state index >= 15 is 0 Å². The number of hydrogen-bond acceptors (Lipinski definition) is 2. The zero-order valence-electron chi connectivity index (χ0n) is 16.3. The summed E-state index contributed by atoms with van der Waals surface area (Å²) in [7, 11) is 1.74. The third-order valence-electron chi connectivity index (χ3n) is 4.06. The molecule has 0 saturated carbocycles. The van der Waals surface area contributed by atoms with Crippen LogP contribution >= 0.6 is 24.0 Å². The Morgan fingerprint density at radius 1 is 1.24 bits per heavy atom. The zero-order valence-corrected chi connectivity index (χ0v) is 18.6. The van der Waals surface area contributed by atoms with Gasteiger partial charge in [0.2, 0.25) is 5.91 Å². The monoisotopic (exact) mass is 460 g/mol. The lowest BCUT2D eigenvalue weighted by Gasteiger charge is -2.25. The fourth-order valence-corrected chi connectivity index (χ4v) is 2.35. The maximum Gasteiger partial charge on any atom is 0.227 e. The minimum atomic E-state index is -0.490. The van der Waals surface area contributed by atoms with Crippen molar-refractivity contribution in [3.63, 3.8) is 0 Å². The number of aryl methyl sites for hydroxylation is 1. The second-order valence-corrected chi connectivity index (χ2v) is 6.87. The van der Waals surface area contributed by atoms with Crippen LogP contribution in [0.2, 0.25) is 0 Å². The van der Waals surface area contributed by atoms with Crippen molar-refractivity contribution < 1.29 is 4.79 Å². The summed E-state index contributed by atoms with van der Waals surface area (Å²) in [5.41, 5.74) is 2.08. The number of halogens is 1. The molecular formula is C19H33IN4O. The molecule has 25 heavy (non-hydrogen) atoms. The van der Waals surface area contributed by atoms with Gasteiger partial charge in [0, 0.05) is 26.7 Å². The quantitative estimate of drug-likeness (QED) is 0.333. The maximum atomic E-state index is 12.0. The number of nitrogens with one attached hydrogen (secondary N) is 3. The highest BCUT2D eigenvalue weighted by Gasteiger charge is 2.27. The van der Waals surface area contributed by atoms with E-state index in [0.29, 0.717) is 25.0 Å². The molecule has 1 aromatic carbocycles. The van der Waals surface area contributed by atoms with Gasteiger partial charge in [-0.15, -0.1) is 24.0 Å². The van der Waals surface area contributed by atoms with Crippen molar-refractivity contribution >= 4 is 35.8 Å². The lowest BCUT2D eigenvalue weighted by molar-refractivity contribution is -0.128. The van der Waals surface area contributed by atoms with E-state index < -0.39 is 5.41 Å². The normalized spacial score (nSPS) is 12.8. The molecule has 0 radical (unpaired) electrons. The standard InChI is InChI=1S/C19H32N4O.HI/c1-7-21-17(24)19(4,5)13-23-18(20-6)22-12-15(3)16-10-8-9-14(2)11-16;/h8-11,15H,7,12-13H2,1-6H3,(H,21,24)(H2,20,22,23);1H. The molecule has 0 saturated heterocycles. The topological polar surface area (TPSA) is 65.5 Å². The van der Waals surface area contributed by atoms with Gasteiger partial charge in [0.05, 0.1) is 5.41 Å². The molecule has 0 bridgehead atoms. The Morgan fingerprint density at radius 3 is 2.48 bits per heavy atom. The van der Waals surface area contributed by atoms with Gasteiger partial charge in [-0.05, 0) is 39.2 Å². The molecule has 6 heteroatoms. The smallest absolute Gasteiger partial charge is 0.227 e.